The van der Waals surface area contributed by atoms with Crippen LogP contribution in [0.15, 0.2) is 0 Å². The summed E-state index contributed by atoms with van der Waals surface area (Å²) in [5, 5.41) is 4.79. The number of rotatable bonds is 4. The summed E-state index contributed by atoms with van der Waals surface area (Å²) in [4.78, 5) is 8.89. The number of aromatic nitrogens is 1. The summed E-state index contributed by atoms with van der Waals surface area (Å²) in [5.74, 6) is 0.604. The van der Waals surface area contributed by atoms with E-state index >= 15 is 0 Å². The number of fused-ring (bicyclic) bond motifs is 1. The summed E-state index contributed by atoms with van der Waals surface area (Å²) in [6, 6.07) is 0.553. The Labute approximate surface area is 125 Å². The SMILES string of the molecule is CC(C)NCC1CCCc2sc(N3CCOCC3)nc21. The summed E-state index contributed by atoms with van der Waals surface area (Å²) in [5.41, 5.74) is 1.37. The van der Waals surface area contributed by atoms with E-state index in [9.17, 15) is 0 Å². The van der Waals surface area contributed by atoms with Crippen molar-refractivity contribution in [3.63, 3.8) is 0 Å². The van der Waals surface area contributed by atoms with Crippen LogP contribution in [-0.2, 0) is 11.2 Å². The number of hydrogen-bond donors (Lipinski definition) is 1. The van der Waals surface area contributed by atoms with E-state index in [-0.39, 0.29) is 0 Å². The minimum absolute atomic E-state index is 0.553. The monoisotopic (exact) mass is 295 g/mol. The second kappa shape index (κ2) is 6.41. The summed E-state index contributed by atoms with van der Waals surface area (Å²) < 4.78 is 5.43. The van der Waals surface area contributed by atoms with Gasteiger partial charge in [-0.15, -0.1) is 11.3 Å². The number of aryl methyl sites for hydroxylation is 1. The Bertz CT molecular complexity index is 440. The molecule has 0 amide bonds. The number of hydrogen-bond acceptors (Lipinski definition) is 5. The zero-order chi connectivity index (χ0) is 13.9. The summed E-state index contributed by atoms with van der Waals surface area (Å²) in [6.07, 6.45) is 3.80. The van der Waals surface area contributed by atoms with Crippen molar-refractivity contribution in [2.24, 2.45) is 0 Å². The predicted octanol–water partition coefficient (Wildman–Crippen LogP) is 2.40. The van der Waals surface area contributed by atoms with Gasteiger partial charge in [-0.05, 0) is 19.3 Å². The van der Waals surface area contributed by atoms with Crippen molar-refractivity contribution in [2.45, 2.75) is 45.1 Å². The van der Waals surface area contributed by atoms with E-state index in [0.29, 0.717) is 12.0 Å². The molecule has 0 bridgehead atoms. The van der Waals surface area contributed by atoms with Gasteiger partial charge in [-0.3, -0.25) is 0 Å². The summed E-state index contributed by atoms with van der Waals surface area (Å²) >= 11 is 1.91. The highest BCUT2D eigenvalue weighted by Gasteiger charge is 2.26. The molecule has 0 aromatic carbocycles. The molecule has 2 aliphatic rings. The highest BCUT2D eigenvalue weighted by molar-refractivity contribution is 7.15. The van der Waals surface area contributed by atoms with Crippen molar-refractivity contribution in [1.29, 1.82) is 0 Å². The van der Waals surface area contributed by atoms with E-state index in [1.165, 1.54) is 35.0 Å². The lowest BCUT2D eigenvalue weighted by atomic mass is 9.91. The minimum Gasteiger partial charge on any atom is -0.378 e. The zero-order valence-corrected chi connectivity index (χ0v) is 13.3. The molecule has 0 saturated carbocycles. The van der Waals surface area contributed by atoms with Crippen LogP contribution in [0, 0.1) is 0 Å². The van der Waals surface area contributed by atoms with Gasteiger partial charge in [0.1, 0.15) is 0 Å². The first-order valence-corrected chi connectivity index (χ1v) is 8.61. The molecule has 1 fully saturated rings. The van der Waals surface area contributed by atoms with Gasteiger partial charge < -0.3 is 15.0 Å². The van der Waals surface area contributed by atoms with Crippen LogP contribution in [0.5, 0.6) is 0 Å². The van der Waals surface area contributed by atoms with E-state index in [1.54, 1.807) is 0 Å². The first-order chi connectivity index (χ1) is 9.74. The van der Waals surface area contributed by atoms with Gasteiger partial charge >= 0.3 is 0 Å². The number of ether oxygens (including phenoxy) is 1. The first kappa shape index (κ1) is 14.3. The quantitative estimate of drug-likeness (QED) is 0.925. The molecule has 112 valence electrons. The third-order valence-electron chi connectivity index (χ3n) is 4.11. The maximum absolute atomic E-state index is 5.43. The van der Waals surface area contributed by atoms with Crippen LogP contribution < -0.4 is 10.2 Å². The lowest BCUT2D eigenvalue weighted by molar-refractivity contribution is 0.122. The van der Waals surface area contributed by atoms with Crippen LogP contribution >= 0.6 is 11.3 Å². The van der Waals surface area contributed by atoms with Gasteiger partial charge in [-0.25, -0.2) is 4.98 Å². The molecule has 0 spiro atoms. The molecule has 1 aliphatic heterocycles. The van der Waals surface area contributed by atoms with Crippen LogP contribution in [0.4, 0.5) is 5.13 Å². The first-order valence-electron chi connectivity index (χ1n) is 7.79. The number of nitrogens with zero attached hydrogens (tertiary/aromatic N) is 2. The van der Waals surface area contributed by atoms with Crippen LogP contribution in [0.25, 0.3) is 0 Å². The van der Waals surface area contributed by atoms with Gasteiger partial charge in [-0.1, -0.05) is 13.8 Å². The number of thiazole rings is 1. The van der Waals surface area contributed by atoms with E-state index in [1.807, 2.05) is 11.3 Å². The van der Waals surface area contributed by atoms with Crippen molar-refractivity contribution in [2.75, 3.05) is 37.7 Å². The molecule has 1 aromatic heterocycles. The standard InChI is InChI=1S/C15H25N3OS/c1-11(2)16-10-12-4-3-5-13-14(12)17-15(20-13)18-6-8-19-9-7-18/h11-12,16H,3-10H2,1-2H3. The van der Waals surface area contributed by atoms with Crippen LogP contribution in [0.1, 0.15) is 43.2 Å². The largest absolute Gasteiger partial charge is 0.378 e. The Kier molecular flexibility index (Phi) is 4.58. The average molecular weight is 295 g/mol. The molecule has 1 aliphatic carbocycles. The molecule has 1 aromatic rings. The molecule has 20 heavy (non-hydrogen) atoms. The molecule has 1 saturated heterocycles. The van der Waals surface area contributed by atoms with Gasteiger partial charge in [0.05, 0.1) is 18.9 Å². The molecule has 2 heterocycles. The maximum atomic E-state index is 5.43. The lowest BCUT2D eigenvalue weighted by Crippen LogP contribution is -2.36. The van der Waals surface area contributed by atoms with Crippen molar-refractivity contribution < 1.29 is 4.74 Å². The molecule has 1 N–H and O–H groups in total. The molecule has 3 rings (SSSR count). The summed E-state index contributed by atoms with van der Waals surface area (Å²) in [6.45, 7) is 9.14. The minimum atomic E-state index is 0.553. The van der Waals surface area contributed by atoms with E-state index in [0.717, 1.165) is 32.8 Å². The second-order valence-electron chi connectivity index (χ2n) is 6.06. The molecule has 1 unspecified atom stereocenters. The summed E-state index contributed by atoms with van der Waals surface area (Å²) in [7, 11) is 0. The van der Waals surface area contributed by atoms with Crippen LogP contribution in [-0.4, -0.2) is 43.9 Å². The van der Waals surface area contributed by atoms with E-state index < -0.39 is 0 Å². The fourth-order valence-corrected chi connectivity index (χ4v) is 4.20. The smallest absolute Gasteiger partial charge is 0.185 e. The third-order valence-corrected chi connectivity index (χ3v) is 5.31. The molecule has 0 radical (unpaired) electrons. The highest BCUT2D eigenvalue weighted by Crippen LogP contribution is 2.37. The van der Waals surface area contributed by atoms with Gasteiger partial charge in [0, 0.05) is 36.5 Å². The number of anilines is 1. The fourth-order valence-electron chi connectivity index (χ4n) is 2.96. The zero-order valence-electron chi connectivity index (χ0n) is 12.5. The Hall–Kier alpha value is -0.650. The topological polar surface area (TPSA) is 37.4 Å². The van der Waals surface area contributed by atoms with Gasteiger partial charge in [0.25, 0.3) is 0 Å². The van der Waals surface area contributed by atoms with Gasteiger partial charge in [0.2, 0.25) is 0 Å². The molecular weight excluding hydrogens is 270 g/mol. The van der Waals surface area contributed by atoms with Crippen molar-refractivity contribution >= 4 is 16.5 Å². The Balaban J connectivity index is 1.73. The number of morpholine rings is 1. The van der Waals surface area contributed by atoms with Gasteiger partial charge in [0.15, 0.2) is 5.13 Å². The Morgan fingerprint density at radius 3 is 2.95 bits per heavy atom. The third kappa shape index (κ3) is 3.15. The highest BCUT2D eigenvalue weighted by atomic mass is 32.1. The van der Waals surface area contributed by atoms with Crippen molar-refractivity contribution in [3.8, 4) is 0 Å². The number of nitrogens with one attached hydrogen (secondary N) is 1. The molecule has 4 nitrogen and oxygen atoms in total. The maximum Gasteiger partial charge on any atom is 0.185 e. The fraction of sp³-hybridized carbons (Fsp3) is 0.800. The Morgan fingerprint density at radius 2 is 2.20 bits per heavy atom. The molecule has 1 atom stereocenters. The van der Waals surface area contributed by atoms with Crippen LogP contribution in [0.2, 0.25) is 0 Å². The predicted molar refractivity (Wildman–Crippen MR) is 84.0 cm³/mol. The average Bonchev–Trinajstić information content (AvgIpc) is 2.90. The molecular formula is C15H25N3OS. The van der Waals surface area contributed by atoms with Crippen LogP contribution in [0.3, 0.4) is 0 Å². The van der Waals surface area contributed by atoms with Gasteiger partial charge in [-0.2, -0.15) is 0 Å². The van der Waals surface area contributed by atoms with E-state index in [4.69, 9.17) is 9.72 Å². The molecule has 5 heteroatoms. The Morgan fingerprint density at radius 1 is 1.40 bits per heavy atom. The lowest BCUT2D eigenvalue weighted by Gasteiger charge is -2.26. The van der Waals surface area contributed by atoms with Crippen molar-refractivity contribution in [3.05, 3.63) is 10.6 Å². The van der Waals surface area contributed by atoms with E-state index in [2.05, 4.69) is 24.1 Å². The normalized spacial score (nSPS) is 23.1. The van der Waals surface area contributed by atoms with Crippen molar-refractivity contribution in [1.82, 2.24) is 10.3 Å². The second-order valence-corrected chi connectivity index (χ2v) is 7.12.